The molecule has 2 aromatic rings. The lowest BCUT2D eigenvalue weighted by molar-refractivity contribution is 0.0980. The van der Waals surface area contributed by atoms with Crippen LogP contribution in [-0.4, -0.2) is 47.0 Å². The number of nitrogen functional groups attached to an aromatic ring is 1. The van der Waals surface area contributed by atoms with E-state index < -0.39 is 0 Å². The number of hydrogen-bond acceptors (Lipinski definition) is 7. The number of anilines is 2. The summed E-state index contributed by atoms with van der Waals surface area (Å²) in [4.78, 5) is 16.2. The van der Waals surface area contributed by atoms with Gasteiger partial charge in [-0.05, 0) is 38.2 Å². The monoisotopic (exact) mass is 391 g/mol. The van der Waals surface area contributed by atoms with Crippen LogP contribution >= 0.6 is 23.4 Å². The van der Waals surface area contributed by atoms with Crippen molar-refractivity contribution in [2.45, 2.75) is 30.6 Å². The quantitative estimate of drug-likeness (QED) is 0.856. The average molecular weight is 392 g/mol. The molecule has 0 unspecified atom stereocenters. The number of morpholine rings is 1. The van der Waals surface area contributed by atoms with Crippen LogP contribution in [0.2, 0.25) is 5.02 Å². The van der Waals surface area contributed by atoms with Crippen molar-refractivity contribution < 1.29 is 4.74 Å². The zero-order valence-corrected chi connectivity index (χ0v) is 16.5. The Morgan fingerprint density at radius 3 is 2.81 bits per heavy atom. The number of rotatable bonds is 4. The fourth-order valence-corrected chi connectivity index (χ4v) is 4.35. The van der Waals surface area contributed by atoms with Crippen LogP contribution < -0.4 is 10.6 Å². The van der Waals surface area contributed by atoms with E-state index in [-0.39, 0.29) is 10.8 Å². The van der Waals surface area contributed by atoms with Crippen LogP contribution in [0.1, 0.15) is 25.5 Å². The molecular weight excluding hydrogens is 370 g/mol. The maximum Gasteiger partial charge on any atom is 0.226 e. The molecule has 0 spiro atoms. The summed E-state index contributed by atoms with van der Waals surface area (Å²) >= 11 is 8.28. The van der Waals surface area contributed by atoms with Gasteiger partial charge in [-0.25, -0.2) is 15.0 Å². The SMILES string of the molecule is CSC1(c2cc(-c3cnc(N)cc3Cl)nc(N3CCOC[C@H]3C)n2)CC1. The van der Waals surface area contributed by atoms with Crippen molar-refractivity contribution in [1.82, 2.24) is 15.0 Å². The Morgan fingerprint density at radius 2 is 2.15 bits per heavy atom. The number of ether oxygens (including phenoxy) is 1. The van der Waals surface area contributed by atoms with Crippen LogP contribution in [-0.2, 0) is 9.48 Å². The fourth-order valence-electron chi connectivity index (χ4n) is 3.27. The van der Waals surface area contributed by atoms with Gasteiger partial charge in [0.1, 0.15) is 5.82 Å². The number of pyridine rings is 1. The predicted molar refractivity (Wildman–Crippen MR) is 107 cm³/mol. The lowest BCUT2D eigenvalue weighted by Crippen LogP contribution is -2.44. The molecule has 8 heteroatoms. The third-order valence-corrected chi connectivity index (χ3v) is 6.76. The molecule has 1 aliphatic heterocycles. The number of thioether (sulfide) groups is 1. The summed E-state index contributed by atoms with van der Waals surface area (Å²) in [6.07, 6.45) is 6.10. The molecule has 0 amide bonds. The van der Waals surface area contributed by atoms with Crippen LogP contribution in [0.4, 0.5) is 11.8 Å². The second-order valence-corrected chi connectivity index (χ2v) is 8.44. The molecule has 0 bridgehead atoms. The molecule has 1 saturated heterocycles. The maximum absolute atomic E-state index is 6.43. The van der Waals surface area contributed by atoms with Crippen molar-refractivity contribution in [1.29, 1.82) is 0 Å². The Morgan fingerprint density at radius 1 is 1.35 bits per heavy atom. The minimum absolute atomic E-state index is 0.0929. The molecular formula is C18H22ClN5OS. The van der Waals surface area contributed by atoms with Crippen LogP contribution in [0.5, 0.6) is 0 Å². The largest absolute Gasteiger partial charge is 0.384 e. The second kappa shape index (κ2) is 6.87. The van der Waals surface area contributed by atoms with Crippen LogP contribution in [0.25, 0.3) is 11.3 Å². The first-order valence-corrected chi connectivity index (χ1v) is 10.3. The average Bonchev–Trinajstić information content (AvgIpc) is 3.43. The van der Waals surface area contributed by atoms with Crippen molar-refractivity contribution in [3.8, 4) is 11.3 Å². The van der Waals surface area contributed by atoms with E-state index in [4.69, 9.17) is 32.0 Å². The lowest BCUT2D eigenvalue weighted by Gasteiger charge is -2.34. The van der Waals surface area contributed by atoms with Gasteiger partial charge in [0, 0.05) is 18.3 Å². The van der Waals surface area contributed by atoms with Gasteiger partial charge in [-0.3, -0.25) is 0 Å². The van der Waals surface area contributed by atoms with Gasteiger partial charge in [-0.15, -0.1) is 0 Å². The van der Waals surface area contributed by atoms with E-state index in [1.165, 1.54) is 0 Å². The van der Waals surface area contributed by atoms with Crippen LogP contribution in [0.15, 0.2) is 18.3 Å². The summed E-state index contributed by atoms with van der Waals surface area (Å²) in [7, 11) is 0. The molecule has 4 rings (SSSR count). The third-order valence-electron chi connectivity index (χ3n) is 5.05. The number of aromatic nitrogens is 3. The van der Waals surface area contributed by atoms with Crippen molar-refractivity contribution in [3.63, 3.8) is 0 Å². The number of nitrogens with two attached hydrogens (primary N) is 1. The van der Waals surface area contributed by atoms with E-state index in [9.17, 15) is 0 Å². The molecule has 1 aliphatic carbocycles. The van der Waals surface area contributed by atoms with Gasteiger partial charge in [0.25, 0.3) is 0 Å². The molecule has 1 atom stereocenters. The normalized spacial score (nSPS) is 21.7. The summed E-state index contributed by atoms with van der Waals surface area (Å²) in [6, 6.07) is 3.95. The molecule has 26 heavy (non-hydrogen) atoms. The summed E-state index contributed by atoms with van der Waals surface area (Å²) in [5.41, 5.74) is 8.39. The van der Waals surface area contributed by atoms with E-state index >= 15 is 0 Å². The van der Waals surface area contributed by atoms with Crippen molar-refractivity contribution in [2.75, 3.05) is 36.6 Å². The summed E-state index contributed by atoms with van der Waals surface area (Å²) in [5.74, 6) is 1.14. The first-order valence-electron chi connectivity index (χ1n) is 8.73. The standard InChI is InChI=1S/C18H22ClN5OS/c1-11-10-25-6-5-24(11)17-22-14(12-9-21-16(20)7-13(12)19)8-15(23-17)18(26-2)3-4-18/h7-9,11H,3-6,10H2,1-2H3,(H2,20,21)/t11-/m1/s1. The third kappa shape index (κ3) is 3.23. The van der Waals surface area contributed by atoms with E-state index in [0.717, 1.165) is 42.3 Å². The van der Waals surface area contributed by atoms with Gasteiger partial charge in [-0.2, -0.15) is 11.8 Å². The summed E-state index contributed by atoms with van der Waals surface area (Å²) < 4.78 is 5.66. The van der Waals surface area contributed by atoms with Gasteiger partial charge in [0.05, 0.1) is 40.4 Å². The molecule has 1 saturated carbocycles. The van der Waals surface area contributed by atoms with Crippen LogP contribution in [0, 0.1) is 0 Å². The molecule has 2 fully saturated rings. The molecule has 0 aromatic carbocycles. The Labute approximate surface area is 162 Å². The molecule has 3 heterocycles. The fraction of sp³-hybridized carbons (Fsp3) is 0.500. The smallest absolute Gasteiger partial charge is 0.226 e. The minimum Gasteiger partial charge on any atom is -0.384 e. The maximum atomic E-state index is 6.43. The first kappa shape index (κ1) is 17.8. The van der Waals surface area contributed by atoms with Gasteiger partial charge in [0.2, 0.25) is 5.95 Å². The Balaban J connectivity index is 1.83. The van der Waals surface area contributed by atoms with E-state index in [2.05, 4.69) is 29.1 Å². The lowest BCUT2D eigenvalue weighted by atomic mass is 10.1. The number of hydrogen-bond donors (Lipinski definition) is 1. The molecule has 2 aliphatic rings. The molecule has 6 nitrogen and oxygen atoms in total. The van der Waals surface area contributed by atoms with Crippen molar-refractivity contribution >= 4 is 35.1 Å². The molecule has 2 N–H and O–H groups in total. The van der Waals surface area contributed by atoms with Gasteiger partial charge in [0.15, 0.2) is 0 Å². The highest BCUT2D eigenvalue weighted by molar-refractivity contribution is 7.99. The number of nitrogens with zero attached hydrogens (tertiary/aromatic N) is 4. The zero-order chi connectivity index (χ0) is 18.3. The van der Waals surface area contributed by atoms with E-state index in [1.54, 1.807) is 12.3 Å². The predicted octanol–water partition coefficient (Wildman–Crippen LogP) is 3.35. The van der Waals surface area contributed by atoms with Gasteiger partial charge in [-0.1, -0.05) is 11.6 Å². The molecule has 138 valence electrons. The highest BCUT2D eigenvalue weighted by Crippen LogP contribution is 2.56. The number of halogens is 1. The Bertz CT molecular complexity index is 829. The van der Waals surface area contributed by atoms with Gasteiger partial charge < -0.3 is 15.4 Å². The Hall–Kier alpha value is -1.57. The van der Waals surface area contributed by atoms with Crippen molar-refractivity contribution in [3.05, 3.63) is 29.0 Å². The van der Waals surface area contributed by atoms with E-state index in [0.29, 0.717) is 24.1 Å². The second-order valence-electron chi connectivity index (χ2n) is 6.84. The van der Waals surface area contributed by atoms with Crippen molar-refractivity contribution in [2.24, 2.45) is 0 Å². The Kier molecular flexibility index (Phi) is 4.71. The molecule has 0 radical (unpaired) electrons. The van der Waals surface area contributed by atoms with Gasteiger partial charge >= 0.3 is 0 Å². The minimum atomic E-state index is 0.0929. The van der Waals surface area contributed by atoms with E-state index in [1.807, 2.05) is 11.8 Å². The summed E-state index contributed by atoms with van der Waals surface area (Å²) in [5, 5.41) is 0.553. The first-order chi connectivity index (χ1) is 12.5. The summed E-state index contributed by atoms with van der Waals surface area (Å²) in [6.45, 7) is 4.28. The zero-order valence-electron chi connectivity index (χ0n) is 14.9. The topological polar surface area (TPSA) is 77.2 Å². The highest BCUT2D eigenvalue weighted by atomic mass is 35.5. The van der Waals surface area contributed by atoms with Crippen LogP contribution in [0.3, 0.4) is 0 Å². The molecule has 2 aromatic heterocycles. The highest BCUT2D eigenvalue weighted by Gasteiger charge is 2.46.